The number of ether oxygens (including phenoxy) is 1. The van der Waals surface area contributed by atoms with Crippen LogP contribution in [0.1, 0.15) is 12.8 Å². The number of hydrogen-bond acceptors (Lipinski definition) is 4. The standard InChI is InChI=1S/C18H20N4O3/c1-25-15-7-6-14(13-3-2-8-19-16(13)15)21-18(24)22-9-12(10-22)20-17(23)11-4-5-11/h2-3,6-8,11-12H,4-5,9-10H2,1H3,(H,20,23)(H,21,24). The van der Waals surface area contributed by atoms with E-state index in [-0.39, 0.29) is 23.9 Å². The number of likely N-dealkylation sites (tertiary alicyclic amines) is 1. The topological polar surface area (TPSA) is 83.6 Å². The van der Waals surface area contributed by atoms with Gasteiger partial charge < -0.3 is 20.3 Å². The zero-order valence-corrected chi connectivity index (χ0v) is 14.0. The van der Waals surface area contributed by atoms with Gasteiger partial charge in [-0.1, -0.05) is 0 Å². The summed E-state index contributed by atoms with van der Waals surface area (Å²) in [4.78, 5) is 30.2. The highest BCUT2D eigenvalue weighted by Gasteiger charge is 2.36. The van der Waals surface area contributed by atoms with Crippen molar-refractivity contribution in [3.63, 3.8) is 0 Å². The molecule has 1 aromatic carbocycles. The molecule has 0 unspecified atom stereocenters. The second-order valence-corrected chi connectivity index (χ2v) is 6.53. The van der Waals surface area contributed by atoms with E-state index < -0.39 is 0 Å². The quantitative estimate of drug-likeness (QED) is 0.891. The van der Waals surface area contributed by atoms with Crippen LogP contribution in [0.5, 0.6) is 5.75 Å². The molecule has 7 heteroatoms. The van der Waals surface area contributed by atoms with Crippen LogP contribution in [0, 0.1) is 5.92 Å². The Morgan fingerprint density at radius 1 is 1.24 bits per heavy atom. The first kappa shape index (κ1) is 15.7. The summed E-state index contributed by atoms with van der Waals surface area (Å²) in [7, 11) is 1.60. The van der Waals surface area contributed by atoms with Crippen molar-refractivity contribution in [2.24, 2.45) is 5.92 Å². The summed E-state index contributed by atoms with van der Waals surface area (Å²) in [5, 5.41) is 6.74. The first-order chi connectivity index (χ1) is 12.2. The van der Waals surface area contributed by atoms with Crippen molar-refractivity contribution < 1.29 is 14.3 Å². The van der Waals surface area contributed by atoms with Crippen LogP contribution < -0.4 is 15.4 Å². The molecule has 2 N–H and O–H groups in total. The monoisotopic (exact) mass is 340 g/mol. The van der Waals surface area contributed by atoms with Crippen molar-refractivity contribution in [3.8, 4) is 5.75 Å². The van der Waals surface area contributed by atoms with Gasteiger partial charge in [0, 0.05) is 30.6 Å². The van der Waals surface area contributed by atoms with Crippen LogP contribution in [0.15, 0.2) is 30.5 Å². The molecule has 2 aliphatic rings. The van der Waals surface area contributed by atoms with E-state index in [1.165, 1.54) is 0 Å². The molecule has 1 saturated heterocycles. The lowest BCUT2D eigenvalue weighted by atomic mass is 10.1. The third-order valence-electron chi connectivity index (χ3n) is 4.66. The number of benzene rings is 1. The minimum atomic E-state index is -0.174. The highest BCUT2D eigenvalue weighted by atomic mass is 16.5. The average molecular weight is 340 g/mol. The Balaban J connectivity index is 1.40. The van der Waals surface area contributed by atoms with Crippen molar-refractivity contribution in [1.29, 1.82) is 0 Å². The molecule has 1 aromatic heterocycles. The largest absolute Gasteiger partial charge is 0.494 e. The lowest BCUT2D eigenvalue weighted by Crippen LogP contribution is -2.62. The summed E-state index contributed by atoms with van der Waals surface area (Å²) in [6.07, 6.45) is 3.67. The van der Waals surface area contributed by atoms with E-state index in [2.05, 4.69) is 15.6 Å². The normalized spacial score (nSPS) is 17.1. The minimum absolute atomic E-state index is 0.0631. The molecule has 2 fully saturated rings. The Morgan fingerprint density at radius 3 is 2.76 bits per heavy atom. The molecule has 2 aromatic rings. The lowest BCUT2D eigenvalue weighted by molar-refractivity contribution is -0.123. The van der Waals surface area contributed by atoms with Crippen LogP contribution in [0.2, 0.25) is 0 Å². The second kappa shape index (κ2) is 6.23. The summed E-state index contributed by atoms with van der Waals surface area (Å²) in [5.41, 5.74) is 1.40. The second-order valence-electron chi connectivity index (χ2n) is 6.53. The highest BCUT2D eigenvalue weighted by Crippen LogP contribution is 2.31. The van der Waals surface area contributed by atoms with Crippen LogP contribution in [-0.2, 0) is 4.79 Å². The van der Waals surface area contributed by atoms with Gasteiger partial charge in [-0.05, 0) is 37.1 Å². The van der Waals surface area contributed by atoms with Gasteiger partial charge in [0.1, 0.15) is 11.3 Å². The molecule has 3 amide bonds. The first-order valence-electron chi connectivity index (χ1n) is 8.43. The van der Waals surface area contributed by atoms with Gasteiger partial charge >= 0.3 is 6.03 Å². The molecule has 0 atom stereocenters. The molecular weight excluding hydrogens is 320 g/mol. The van der Waals surface area contributed by atoms with Crippen LogP contribution in [0.25, 0.3) is 10.9 Å². The number of carbonyl (C=O) groups excluding carboxylic acids is 2. The number of carbonyl (C=O) groups is 2. The van der Waals surface area contributed by atoms with Crippen molar-refractivity contribution in [2.45, 2.75) is 18.9 Å². The predicted octanol–water partition coefficient (Wildman–Crippen LogP) is 1.99. The van der Waals surface area contributed by atoms with E-state index in [1.54, 1.807) is 24.3 Å². The number of hydrogen-bond donors (Lipinski definition) is 2. The molecule has 7 nitrogen and oxygen atoms in total. The van der Waals surface area contributed by atoms with Crippen molar-refractivity contribution in [2.75, 3.05) is 25.5 Å². The van der Waals surface area contributed by atoms with Crippen LogP contribution >= 0.6 is 0 Å². The summed E-state index contributed by atoms with van der Waals surface area (Å²) < 4.78 is 5.32. The fourth-order valence-corrected chi connectivity index (χ4v) is 3.01. The Hall–Kier alpha value is -2.83. The maximum atomic E-state index is 12.4. The molecular formula is C18H20N4O3. The number of pyridine rings is 1. The lowest BCUT2D eigenvalue weighted by Gasteiger charge is -2.39. The zero-order valence-electron chi connectivity index (χ0n) is 14.0. The Bertz CT molecular complexity index is 828. The fraction of sp³-hybridized carbons (Fsp3) is 0.389. The minimum Gasteiger partial charge on any atom is -0.494 e. The predicted molar refractivity (Wildman–Crippen MR) is 93.5 cm³/mol. The molecule has 1 saturated carbocycles. The van der Waals surface area contributed by atoms with Gasteiger partial charge in [-0.2, -0.15) is 0 Å². The number of urea groups is 1. The molecule has 130 valence electrons. The van der Waals surface area contributed by atoms with E-state index >= 15 is 0 Å². The van der Waals surface area contributed by atoms with E-state index in [9.17, 15) is 9.59 Å². The number of fused-ring (bicyclic) bond motifs is 1. The van der Waals surface area contributed by atoms with Gasteiger partial charge in [0.25, 0.3) is 0 Å². The van der Waals surface area contributed by atoms with Gasteiger partial charge in [0.05, 0.1) is 18.8 Å². The fourth-order valence-electron chi connectivity index (χ4n) is 3.01. The number of rotatable bonds is 4. The first-order valence-corrected chi connectivity index (χ1v) is 8.43. The number of nitrogens with one attached hydrogen (secondary N) is 2. The van der Waals surface area contributed by atoms with Crippen molar-refractivity contribution >= 4 is 28.5 Å². The SMILES string of the molecule is COc1ccc(NC(=O)N2CC(NC(=O)C3CC3)C2)c2cccnc12. The smallest absolute Gasteiger partial charge is 0.322 e. The van der Waals surface area contributed by atoms with Crippen LogP contribution in [0.3, 0.4) is 0 Å². The Morgan fingerprint density at radius 2 is 2.04 bits per heavy atom. The third-order valence-corrected chi connectivity index (χ3v) is 4.66. The Kier molecular flexibility index (Phi) is 3.91. The number of amides is 3. The number of methoxy groups -OCH3 is 1. The van der Waals surface area contributed by atoms with E-state index in [1.807, 2.05) is 18.2 Å². The summed E-state index contributed by atoms with van der Waals surface area (Å²) in [5.74, 6) is 0.985. The molecule has 2 heterocycles. The molecule has 4 rings (SSSR count). The van der Waals surface area contributed by atoms with Gasteiger partial charge in [-0.3, -0.25) is 9.78 Å². The summed E-state index contributed by atoms with van der Waals surface area (Å²) >= 11 is 0. The molecule has 0 bridgehead atoms. The van der Waals surface area contributed by atoms with Gasteiger partial charge in [0.15, 0.2) is 0 Å². The number of anilines is 1. The van der Waals surface area contributed by atoms with E-state index in [0.717, 1.165) is 18.2 Å². The van der Waals surface area contributed by atoms with Crippen LogP contribution in [0.4, 0.5) is 10.5 Å². The van der Waals surface area contributed by atoms with E-state index in [0.29, 0.717) is 30.0 Å². The number of nitrogens with zero attached hydrogens (tertiary/aromatic N) is 2. The summed E-state index contributed by atoms with van der Waals surface area (Å²) in [6.45, 7) is 1.08. The zero-order chi connectivity index (χ0) is 17.4. The molecule has 1 aliphatic carbocycles. The molecule has 25 heavy (non-hydrogen) atoms. The molecule has 0 spiro atoms. The third kappa shape index (κ3) is 3.09. The Labute approximate surface area is 145 Å². The van der Waals surface area contributed by atoms with Crippen molar-refractivity contribution in [3.05, 3.63) is 30.5 Å². The molecule has 0 radical (unpaired) electrons. The van der Waals surface area contributed by atoms with Gasteiger partial charge in [0.2, 0.25) is 5.91 Å². The van der Waals surface area contributed by atoms with Gasteiger partial charge in [-0.15, -0.1) is 0 Å². The van der Waals surface area contributed by atoms with E-state index in [4.69, 9.17) is 4.74 Å². The van der Waals surface area contributed by atoms with Crippen molar-refractivity contribution in [1.82, 2.24) is 15.2 Å². The van der Waals surface area contributed by atoms with Crippen LogP contribution in [-0.4, -0.2) is 48.1 Å². The molecule has 1 aliphatic heterocycles. The van der Waals surface area contributed by atoms with Gasteiger partial charge in [-0.25, -0.2) is 4.79 Å². The highest BCUT2D eigenvalue weighted by molar-refractivity contribution is 6.02. The maximum Gasteiger partial charge on any atom is 0.322 e. The number of aromatic nitrogens is 1. The maximum absolute atomic E-state index is 12.4. The average Bonchev–Trinajstić information content (AvgIpc) is 3.43. The summed E-state index contributed by atoms with van der Waals surface area (Å²) in [6, 6.07) is 7.21.